The fourth-order valence-electron chi connectivity index (χ4n) is 8.76. The Labute approximate surface area is 345 Å². The van der Waals surface area contributed by atoms with E-state index in [9.17, 15) is 9.59 Å². The van der Waals surface area contributed by atoms with Crippen LogP contribution in [0.15, 0.2) is 127 Å². The predicted molar refractivity (Wildman–Crippen MR) is 241 cm³/mol. The molecule has 2 aliphatic rings. The van der Waals surface area contributed by atoms with E-state index in [1.165, 1.54) is 29.8 Å². The SMILES string of the molecule is CCCCN1CCN(c2ccc(-c3cc4c(C(N)=O)cccc4n3NC(=O)c3cccc4[nH]c(-c5ccc(N6CCN(Cc7ccccc7)CC6)cc5)cc34)cc2)CC1. The predicted octanol–water partition coefficient (Wildman–Crippen LogP) is 8.18. The maximum Gasteiger partial charge on any atom is 0.270 e. The number of aromatic amines is 1. The second-order valence-electron chi connectivity index (χ2n) is 15.9. The third-order valence-electron chi connectivity index (χ3n) is 12.1. The minimum Gasteiger partial charge on any atom is -0.369 e. The van der Waals surface area contributed by atoms with Gasteiger partial charge in [0.2, 0.25) is 5.91 Å². The van der Waals surface area contributed by atoms with E-state index >= 15 is 0 Å². The highest BCUT2D eigenvalue weighted by Crippen LogP contribution is 2.33. The molecule has 4 heterocycles. The Hall–Kier alpha value is -6.36. The Morgan fingerprint density at radius 1 is 0.644 bits per heavy atom. The van der Waals surface area contributed by atoms with E-state index in [1.54, 1.807) is 16.8 Å². The molecular formula is C49H52N8O2. The van der Waals surface area contributed by atoms with Crippen LogP contribution in [-0.4, -0.2) is 90.2 Å². The van der Waals surface area contributed by atoms with Gasteiger partial charge in [-0.15, -0.1) is 0 Å². The number of H-pyrrole nitrogens is 1. The maximum atomic E-state index is 14.4. The molecule has 0 unspecified atom stereocenters. The molecule has 10 nitrogen and oxygen atoms in total. The van der Waals surface area contributed by atoms with Crippen molar-refractivity contribution in [2.45, 2.75) is 26.3 Å². The van der Waals surface area contributed by atoms with Crippen LogP contribution in [0.3, 0.4) is 0 Å². The molecule has 300 valence electrons. The summed E-state index contributed by atoms with van der Waals surface area (Å²) >= 11 is 0. The van der Waals surface area contributed by atoms with E-state index in [-0.39, 0.29) is 5.91 Å². The Morgan fingerprint density at radius 2 is 1.27 bits per heavy atom. The van der Waals surface area contributed by atoms with Gasteiger partial charge in [0.1, 0.15) is 0 Å². The maximum absolute atomic E-state index is 14.4. The number of fused-ring (bicyclic) bond motifs is 2. The Balaban J connectivity index is 0.939. The van der Waals surface area contributed by atoms with E-state index in [2.05, 4.69) is 122 Å². The number of unbranched alkanes of at least 4 members (excludes halogenated alkanes) is 1. The summed E-state index contributed by atoms with van der Waals surface area (Å²) in [4.78, 5) is 40.4. The standard InChI is InChI=1S/C49H52N8O2/c1-2-3-23-53-24-28-55(29-25-53)39-21-17-37(18-22-39)47-33-43-40(48(50)58)11-8-14-46(43)57(47)52-49(59)41-12-7-13-44-42(41)32-45(51-44)36-15-19-38(20-16-36)56-30-26-54(27-31-56)34-35-9-5-4-6-10-35/h4-22,32-33,51H,2-3,23-31,34H2,1H3,(H2,50,58)(H,52,59). The molecule has 2 aromatic heterocycles. The van der Waals surface area contributed by atoms with Gasteiger partial charge in [0, 0.05) is 103 Å². The number of piperazine rings is 2. The third kappa shape index (κ3) is 8.06. The van der Waals surface area contributed by atoms with Crippen LogP contribution in [0.25, 0.3) is 44.3 Å². The number of hydrogen-bond acceptors (Lipinski definition) is 6. The first-order valence-corrected chi connectivity index (χ1v) is 21.0. The summed E-state index contributed by atoms with van der Waals surface area (Å²) in [7, 11) is 0. The second kappa shape index (κ2) is 16.9. The summed E-state index contributed by atoms with van der Waals surface area (Å²) in [6.07, 6.45) is 2.45. The first-order chi connectivity index (χ1) is 28.9. The molecule has 0 saturated carbocycles. The van der Waals surface area contributed by atoms with Crippen molar-refractivity contribution in [2.75, 3.05) is 74.1 Å². The third-order valence-corrected chi connectivity index (χ3v) is 12.1. The summed E-state index contributed by atoms with van der Waals surface area (Å²) in [6.45, 7) is 12.5. The average Bonchev–Trinajstić information content (AvgIpc) is 3.89. The van der Waals surface area contributed by atoms with Gasteiger partial charge in [0.15, 0.2) is 0 Å². The number of rotatable bonds is 12. The molecule has 59 heavy (non-hydrogen) atoms. The molecule has 2 amide bonds. The summed E-state index contributed by atoms with van der Waals surface area (Å²) in [5, 5.41) is 1.51. The first kappa shape index (κ1) is 38.2. The van der Waals surface area contributed by atoms with Crippen LogP contribution in [-0.2, 0) is 6.54 Å². The molecule has 2 saturated heterocycles. The van der Waals surface area contributed by atoms with Crippen LogP contribution in [0.4, 0.5) is 11.4 Å². The zero-order valence-corrected chi connectivity index (χ0v) is 33.7. The lowest BCUT2D eigenvalue weighted by Gasteiger charge is -2.36. The van der Waals surface area contributed by atoms with E-state index in [0.29, 0.717) is 22.0 Å². The second-order valence-corrected chi connectivity index (χ2v) is 15.9. The molecule has 10 heteroatoms. The highest BCUT2D eigenvalue weighted by molar-refractivity contribution is 6.13. The van der Waals surface area contributed by atoms with Crippen molar-refractivity contribution in [1.29, 1.82) is 0 Å². The molecule has 5 aromatic carbocycles. The minimum atomic E-state index is -0.516. The minimum absolute atomic E-state index is 0.260. The van der Waals surface area contributed by atoms with Crippen molar-refractivity contribution in [1.82, 2.24) is 19.5 Å². The van der Waals surface area contributed by atoms with Gasteiger partial charge in [0.25, 0.3) is 5.91 Å². The fourth-order valence-corrected chi connectivity index (χ4v) is 8.76. The number of hydrogen-bond donors (Lipinski definition) is 3. The van der Waals surface area contributed by atoms with Crippen molar-refractivity contribution in [3.05, 3.63) is 144 Å². The van der Waals surface area contributed by atoms with Crippen LogP contribution >= 0.6 is 0 Å². The van der Waals surface area contributed by atoms with Crippen molar-refractivity contribution in [2.24, 2.45) is 5.73 Å². The van der Waals surface area contributed by atoms with Crippen molar-refractivity contribution in [3.63, 3.8) is 0 Å². The van der Waals surface area contributed by atoms with Crippen molar-refractivity contribution in [3.8, 4) is 22.5 Å². The van der Waals surface area contributed by atoms with Crippen molar-refractivity contribution < 1.29 is 9.59 Å². The summed E-state index contributed by atoms with van der Waals surface area (Å²) in [5.41, 5.74) is 19.0. The number of amides is 2. The first-order valence-electron chi connectivity index (χ1n) is 21.0. The number of nitrogens with two attached hydrogens (primary N) is 1. The van der Waals surface area contributed by atoms with Gasteiger partial charge in [0.05, 0.1) is 16.8 Å². The topological polar surface area (TPSA) is 106 Å². The molecule has 0 bridgehead atoms. The number of primary amides is 1. The van der Waals surface area contributed by atoms with Gasteiger partial charge >= 0.3 is 0 Å². The van der Waals surface area contributed by atoms with Crippen LogP contribution in [0.1, 0.15) is 46.0 Å². The number of aromatic nitrogens is 2. The quantitative estimate of drug-likeness (QED) is 0.116. The van der Waals surface area contributed by atoms with Gasteiger partial charge in [-0.05, 0) is 84.8 Å². The molecule has 7 aromatic rings. The number of anilines is 2. The number of nitrogens with zero attached hydrogens (tertiary/aromatic N) is 5. The highest BCUT2D eigenvalue weighted by atomic mass is 16.2. The molecule has 9 rings (SSSR count). The molecular weight excluding hydrogens is 733 g/mol. The Morgan fingerprint density at radius 3 is 1.93 bits per heavy atom. The van der Waals surface area contributed by atoms with Gasteiger partial charge in [-0.3, -0.25) is 29.5 Å². The largest absolute Gasteiger partial charge is 0.369 e. The van der Waals surface area contributed by atoms with E-state index < -0.39 is 5.91 Å². The normalized spacial score (nSPS) is 15.3. The Bertz CT molecular complexity index is 2560. The molecule has 2 aliphatic heterocycles. The zero-order valence-electron chi connectivity index (χ0n) is 33.7. The van der Waals surface area contributed by atoms with Crippen LogP contribution in [0.5, 0.6) is 0 Å². The van der Waals surface area contributed by atoms with Gasteiger partial charge in [-0.25, -0.2) is 0 Å². The fraction of sp³-hybridized carbons (Fsp3) is 0.265. The summed E-state index contributed by atoms with van der Waals surface area (Å²) in [5.74, 6) is -0.776. The van der Waals surface area contributed by atoms with Crippen LogP contribution < -0.4 is 21.0 Å². The lowest BCUT2D eigenvalue weighted by atomic mass is 10.1. The van der Waals surface area contributed by atoms with E-state index in [0.717, 1.165) is 98.9 Å². The lowest BCUT2D eigenvalue weighted by molar-refractivity contribution is 0.0997. The average molecular weight is 785 g/mol. The number of benzene rings is 5. The van der Waals surface area contributed by atoms with Gasteiger partial charge in [-0.1, -0.05) is 80.1 Å². The summed E-state index contributed by atoms with van der Waals surface area (Å²) in [6, 6.07) is 43.1. The lowest BCUT2D eigenvalue weighted by Crippen LogP contribution is -2.46. The molecule has 4 N–H and O–H groups in total. The highest BCUT2D eigenvalue weighted by Gasteiger charge is 2.22. The smallest absolute Gasteiger partial charge is 0.270 e. The van der Waals surface area contributed by atoms with Crippen LogP contribution in [0.2, 0.25) is 0 Å². The molecule has 0 spiro atoms. The van der Waals surface area contributed by atoms with E-state index in [4.69, 9.17) is 5.73 Å². The van der Waals surface area contributed by atoms with Gasteiger partial charge in [-0.2, -0.15) is 0 Å². The molecule has 2 fully saturated rings. The number of nitrogens with one attached hydrogen (secondary N) is 2. The molecule has 0 radical (unpaired) electrons. The van der Waals surface area contributed by atoms with Gasteiger partial charge < -0.3 is 20.5 Å². The van der Waals surface area contributed by atoms with Crippen molar-refractivity contribution >= 4 is 45.0 Å². The van der Waals surface area contributed by atoms with E-state index in [1.807, 2.05) is 30.3 Å². The Kier molecular flexibility index (Phi) is 10.9. The molecule has 0 atom stereocenters. The van der Waals surface area contributed by atoms with Crippen LogP contribution in [0, 0.1) is 0 Å². The zero-order chi connectivity index (χ0) is 40.3. The number of carbonyl (C=O) groups is 2. The molecule has 0 aliphatic carbocycles. The monoisotopic (exact) mass is 784 g/mol. The number of carbonyl (C=O) groups excluding carboxylic acids is 2. The summed E-state index contributed by atoms with van der Waals surface area (Å²) < 4.78 is 1.79.